The Balaban J connectivity index is 1.53. The number of fused-ring (bicyclic) bond motifs is 1. The lowest BCUT2D eigenvalue weighted by Crippen LogP contribution is -2.36. The number of hydrogen-bond acceptors (Lipinski definition) is 5. The predicted molar refractivity (Wildman–Crippen MR) is 110 cm³/mol. The highest BCUT2D eigenvalue weighted by Crippen LogP contribution is 2.23. The molecule has 1 atom stereocenters. The summed E-state index contributed by atoms with van der Waals surface area (Å²) >= 11 is 1.57. The van der Waals surface area contributed by atoms with E-state index in [4.69, 9.17) is 4.98 Å². The zero-order valence-electron chi connectivity index (χ0n) is 16.5. The molecule has 2 fully saturated rings. The molecule has 2 aliphatic rings. The number of hydrogen-bond donors (Lipinski definition) is 1. The van der Waals surface area contributed by atoms with Gasteiger partial charge in [-0.2, -0.15) is 0 Å². The Hall–Kier alpha value is -1.93. The van der Waals surface area contributed by atoms with Crippen molar-refractivity contribution in [2.24, 2.45) is 0 Å². The molecule has 2 aromatic heterocycles. The van der Waals surface area contributed by atoms with Gasteiger partial charge in [0.25, 0.3) is 5.91 Å². The van der Waals surface area contributed by atoms with Gasteiger partial charge in [0.2, 0.25) is 5.91 Å². The van der Waals surface area contributed by atoms with Crippen molar-refractivity contribution in [2.45, 2.75) is 58.0 Å². The van der Waals surface area contributed by atoms with Gasteiger partial charge in [-0.05, 0) is 19.3 Å². The average Bonchev–Trinajstić information content (AvgIpc) is 3.31. The quantitative estimate of drug-likeness (QED) is 0.852. The number of carbonyl (C=O) groups is 2. The second-order valence-corrected chi connectivity index (χ2v) is 8.82. The zero-order chi connectivity index (χ0) is 19.5. The van der Waals surface area contributed by atoms with Crippen LogP contribution >= 0.6 is 11.3 Å². The van der Waals surface area contributed by atoms with Gasteiger partial charge >= 0.3 is 0 Å². The van der Waals surface area contributed by atoms with Crippen molar-refractivity contribution in [1.82, 2.24) is 24.5 Å². The zero-order valence-corrected chi connectivity index (χ0v) is 17.3. The molecule has 1 N–H and O–H groups in total. The molecular formula is C20H29N5O2S. The van der Waals surface area contributed by atoms with Crippen molar-refractivity contribution < 1.29 is 9.59 Å². The number of thiazole rings is 1. The molecule has 2 aromatic rings. The molecule has 0 aliphatic carbocycles. The summed E-state index contributed by atoms with van der Waals surface area (Å²) < 4.78 is 2.06. The minimum atomic E-state index is 0.0179. The van der Waals surface area contributed by atoms with Gasteiger partial charge in [-0.25, -0.2) is 4.98 Å². The smallest absolute Gasteiger partial charge is 0.274 e. The minimum Gasteiger partial charge on any atom is -0.352 e. The standard InChI is InChI=1S/C20H29N5O2S/c1-15(26)21-16-7-10-23(13-16)14-17-18(22-20-25(17)11-12-28-20)19(27)24-8-5-3-2-4-6-9-24/h11-12,16H,2-10,13-14H2,1H3,(H,21,26). The normalized spacial score (nSPS) is 21.6. The molecule has 2 saturated heterocycles. The molecule has 1 unspecified atom stereocenters. The largest absolute Gasteiger partial charge is 0.352 e. The molecule has 4 rings (SSSR count). The monoisotopic (exact) mass is 403 g/mol. The molecule has 2 amide bonds. The van der Waals surface area contributed by atoms with Crippen LogP contribution in [0.5, 0.6) is 0 Å². The van der Waals surface area contributed by atoms with Crippen molar-refractivity contribution in [3.05, 3.63) is 23.0 Å². The second kappa shape index (κ2) is 8.61. The maximum atomic E-state index is 13.3. The van der Waals surface area contributed by atoms with E-state index in [-0.39, 0.29) is 17.9 Å². The molecule has 0 aromatic carbocycles. The molecule has 8 heteroatoms. The van der Waals surface area contributed by atoms with Crippen LogP contribution in [0.25, 0.3) is 4.96 Å². The first-order chi connectivity index (χ1) is 13.6. The molecule has 4 heterocycles. The molecule has 152 valence electrons. The van der Waals surface area contributed by atoms with Crippen molar-refractivity contribution in [2.75, 3.05) is 26.2 Å². The number of rotatable bonds is 4. The van der Waals surface area contributed by atoms with Crippen LogP contribution in [0.2, 0.25) is 0 Å². The van der Waals surface area contributed by atoms with E-state index in [0.29, 0.717) is 12.2 Å². The summed E-state index contributed by atoms with van der Waals surface area (Å²) in [5.74, 6) is 0.0924. The lowest BCUT2D eigenvalue weighted by atomic mass is 10.1. The number of carbonyl (C=O) groups excluding carboxylic acids is 2. The molecule has 0 saturated carbocycles. The Labute approximate surface area is 169 Å². The van der Waals surface area contributed by atoms with Crippen molar-refractivity contribution >= 4 is 28.1 Å². The minimum absolute atomic E-state index is 0.0179. The first kappa shape index (κ1) is 19.4. The van der Waals surface area contributed by atoms with Crippen LogP contribution in [-0.4, -0.2) is 63.2 Å². The van der Waals surface area contributed by atoms with Gasteiger partial charge in [0.15, 0.2) is 10.7 Å². The van der Waals surface area contributed by atoms with Crippen LogP contribution in [0, 0.1) is 0 Å². The maximum absolute atomic E-state index is 13.3. The SMILES string of the molecule is CC(=O)NC1CCN(Cc2c(C(=O)N3CCCCCCC3)nc3sccn23)C1. The van der Waals surface area contributed by atoms with Crippen LogP contribution in [0.4, 0.5) is 0 Å². The first-order valence-electron chi connectivity index (χ1n) is 10.3. The summed E-state index contributed by atoms with van der Waals surface area (Å²) in [5, 5.41) is 5.02. The lowest BCUT2D eigenvalue weighted by Gasteiger charge is -2.25. The Bertz CT molecular complexity index is 837. The summed E-state index contributed by atoms with van der Waals surface area (Å²) in [5.41, 5.74) is 1.59. The Kier molecular flexibility index (Phi) is 5.96. The summed E-state index contributed by atoms with van der Waals surface area (Å²) in [7, 11) is 0. The maximum Gasteiger partial charge on any atom is 0.274 e. The first-order valence-corrected chi connectivity index (χ1v) is 11.2. The number of nitrogens with zero attached hydrogens (tertiary/aromatic N) is 4. The third kappa shape index (κ3) is 4.22. The van der Waals surface area contributed by atoms with Crippen LogP contribution in [0.1, 0.15) is 61.6 Å². The van der Waals surface area contributed by atoms with Crippen molar-refractivity contribution in [3.63, 3.8) is 0 Å². The average molecular weight is 404 g/mol. The number of imidazole rings is 1. The van der Waals surface area contributed by atoms with E-state index in [1.165, 1.54) is 19.3 Å². The number of amides is 2. The highest BCUT2D eigenvalue weighted by molar-refractivity contribution is 7.15. The third-order valence-electron chi connectivity index (χ3n) is 5.76. The molecule has 0 radical (unpaired) electrons. The van der Waals surface area contributed by atoms with E-state index < -0.39 is 0 Å². The molecular weight excluding hydrogens is 374 g/mol. The fourth-order valence-electron chi connectivity index (χ4n) is 4.35. The van der Waals surface area contributed by atoms with Crippen LogP contribution in [-0.2, 0) is 11.3 Å². The van der Waals surface area contributed by atoms with Gasteiger partial charge in [0.05, 0.1) is 5.69 Å². The van der Waals surface area contributed by atoms with Gasteiger partial charge in [-0.1, -0.05) is 19.3 Å². The summed E-state index contributed by atoms with van der Waals surface area (Å²) in [6.07, 6.45) is 8.79. The number of aromatic nitrogens is 2. The van der Waals surface area contributed by atoms with E-state index in [0.717, 1.165) is 56.1 Å². The molecule has 2 aliphatic heterocycles. The lowest BCUT2D eigenvalue weighted by molar-refractivity contribution is -0.119. The van der Waals surface area contributed by atoms with E-state index in [1.54, 1.807) is 18.3 Å². The van der Waals surface area contributed by atoms with Gasteiger partial charge in [-0.3, -0.25) is 18.9 Å². The molecule has 0 bridgehead atoms. The van der Waals surface area contributed by atoms with Crippen molar-refractivity contribution in [3.8, 4) is 0 Å². The fourth-order valence-corrected chi connectivity index (χ4v) is 5.08. The van der Waals surface area contributed by atoms with Gasteiger partial charge < -0.3 is 10.2 Å². The summed E-state index contributed by atoms with van der Waals surface area (Å²) in [4.78, 5) is 34.6. The number of nitrogens with one attached hydrogen (secondary N) is 1. The van der Waals surface area contributed by atoms with E-state index in [2.05, 4.69) is 14.6 Å². The van der Waals surface area contributed by atoms with Crippen LogP contribution < -0.4 is 5.32 Å². The highest BCUT2D eigenvalue weighted by Gasteiger charge is 2.29. The predicted octanol–water partition coefficient (Wildman–Crippen LogP) is 2.51. The second-order valence-electron chi connectivity index (χ2n) is 7.94. The Morgan fingerprint density at radius 2 is 1.93 bits per heavy atom. The Morgan fingerprint density at radius 1 is 1.18 bits per heavy atom. The molecule has 0 spiro atoms. The van der Waals surface area contributed by atoms with Crippen LogP contribution in [0.15, 0.2) is 11.6 Å². The molecule has 7 nitrogen and oxygen atoms in total. The topological polar surface area (TPSA) is 70.0 Å². The van der Waals surface area contributed by atoms with E-state index in [1.807, 2.05) is 16.5 Å². The van der Waals surface area contributed by atoms with E-state index >= 15 is 0 Å². The molecule has 28 heavy (non-hydrogen) atoms. The van der Waals surface area contributed by atoms with Crippen molar-refractivity contribution in [1.29, 1.82) is 0 Å². The summed E-state index contributed by atoms with van der Waals surface area (Å²) in [6, 6.07) is 0.192. The third-order valence-corrected chi connectivity index (χ3v) is 6.52. The van der Waals surface area contributed by atoms with Gasteiger partial charge in [0.1, 0.15) is 0 Å². The highest BCUT2D eigenvalue weighted by atomic mass is 32.1. The van der Waals surface area contributed by atoms with E-state index in [9.17, 15) is 9.59 Å². The van der Waals surface area contributed by atoms with Gasteiger partial charge in [0, 0.05) is 57.3 Å². The Morgan fingerprint density at radius 3 is 2.68 bits per heavy atom. The van der Waals surface area contributed by atoms with Gasteiger partial charge in [-0.15, -0.1) is 11.3 Å². The fraction of sp³-hybridized carbons (Fsp3) is 0.650. The summed E-state index contributed by atoms with van der Waals surface area (Å²) in [6.45, 7) is 5.64. The van der Waals surface area contributed by atoms with Crippen LogP contribution in [0.3, 0.4) is 0 Å². The number of likely N-dealkylation sites (tertiary alicyclic amines) is 2.